The molecule has 0 spiro atoms. The Hall–Kier alpha value is -4.33. The molecule has 7 rings (SSSR count). The molecule has 8 heteroatoms. The van der Waals surface area contributed by atoms with Crippen molar-refractivity contribution in [2.45, 2.75) is 64.8 Å². The van der Waals surface area contributed by atoms with Gasteiger partial charge in [-0.25, -0.2) is 4.98 Å². The van der Waals surface area contributed by atoms with Gasteiger partial charge in [0, 0.05) is 30.1 Å². The summed E-state index contributed by atoms with van der Waals surface area (Å²) in [6.45, 7) is 6.33. The SMILES string of the molecule is CCCc1nc2ccc(C3=NCCN3C3CCCCC3)cc2n1-c1cccc(-c2ccccc2-c2nn[nH]n2)c1C. The highest BCUT2D eigenvalue weighted by molar-refractivity contribution is 6.02. The van der Waals surface area contributed by atoms with E-state index in [1.165, 1.54) is 43.2 Å². The molecule has 0 bridgehead atoms. The number of fused-ring (bicyclic) bond motifs is 1. The highest BCUT2D eigenvalue weighted by Gasteiger charge is 2.28. The van der Waals surface area contributed by atoms with Crippen molar-refractivity contribution in [3.05, 3.63) is 77.6 Å². The van der Waals surface area contributed by atoms with Gasteiger partial charge in [0.05, 0.1) is 23.3 Å². The fourth-order valence-corrected chi connectivity index (χ4v) is 6.74. The predicted octanol–water partition coefficient (Wildman–Crippen LogP) is 6.53. The molecule has 8 nitrogen and oxygen atoms in total. The number of rotatable bonds is 7. The smallest absolute Gasteiger partial charge is 0.205 e. The van der Waals surface area contributed by atoms with Crippen LogP contribution in [0.4, 0.5) is 0 Å². The molecule has 0 atom stereocenters. The van der Waals surface area contributed by atoms with E-state index in [4.69, 9.17) is 9.98 Å². The van der Waals surface area contributed by atoms with Gasteiger partial charge in [0.25, 0.3) is 0 Å². The largest absolute Gasteiger partial charge is 0.352 e. The standard InChI is InChI=1S/C33H36N8/c1-3-10-31-35-28-18-17-23(33-34-19-20-40(33)24-11-5-4-6-12-24)21-30(28)41(31)29-16-9-15-25(22(29)2)26-13-7-8-14-27(26)32-36-38-39-37-32/h7-9,13-18,21,24H,3-6,10-12,19-20H2,1-2H3,(H,36,37,38,39). The summed E-state index contributed by atoms with van der Waals surface area (Å²) in [5.41, 5.74) is 8.87. The van der Waals surface area contributed by atoms with Crippen molar-refractivity contribution in [1.29, 1.82) is 0 Å². The molecule has 2 aromatic heterocycles. The number of nitrogens with one attached hydrogen (secondary N) is 1. The average Bonchev–Trinajstić information content (AvgIpc) is 3.78. The minimum Gasteiger partial charge on any atom is -0.352 e. The van der Waals surface area contributed by atoms with Crippen LogP contribution < -0.4 is 0 Å². The van der Waals surface area contributed by atoms with Crippen LogP contribution >= 0.6 is 0 Å². The highest BCUT2D eigenvalue weighted by atomic mass is 15.5. The summed E-state index contributed by atoms with van der Waals surface area (Å²) in [6, 6.07) is 22.1. The molecule has 1 fully saturated rings. The molecule has 0 radical (unpaired) electrons. The second kappa shape index (κ2) is 10.9. The van der Waals surface area contributed by atoms with Gasteiger partial charge in [0.2, 0.25) is 5.82 Å². The van der Waals surface area contributed by atoms with E-state index in [0.717, 1.165) is 71.0 Å². The Morgan fingerprint density at radius 3 is 2.56 bits per heavy atom. The van der Waals surface area contributed by atoms with Crippen molar-refractivity contribution in [3.8, 4) is 28.2 Å². The Bertz CT molecular complexity index is 1710. The lowest BCUT2D eigenvalue weighted by molar-refractivity contribution is 0.260. The van der Waals surface area contributed by atoms with Crippen LogP contribution in [0.1, 0.15) is 62.4 Å². The van der Waals surface area contributed by atoms with Gasteiger partial charge in [-0.3, -0.25) is 9.56 Å². The minimum absolute atomic E-state index is 0.592. The summed E-state index contributed by atoms with van der Waals surface area (Å²) in [7, 11) is 0. The Labute approximate surface area is 240 Å². The summed E-state index contributed by atoms with van der Waals surface area (Å²) >= 11 is 0. The van der Waals surface area contributed by atoms with E-state index in [9.17, 15) is 0 Å². The number of H-pyrrole nitrogens is 1. The molecule has 2 aliphatic rings. The molecule has 0 amide bonds. The summed E-state index contributed by atoms with van der Waals surface area (Å²) in [4.78, 5) is 12.7. The predicted molar refractivity (Wildman–Crippen MR) is 163 cm³/mol. The number of aliphatic imine (C=N–C) groups is 1. The molecule has 1 N–H and O–H groups in total. The monoisotopic (exact) mass is 544 g/mol. The number of imidazole rings is 1. The van der Waals surface area contributed by atoms with Crippen LogP contribution in [0.2, 0.25) is 0 Å². The Kier molecular flexibility index (Phi) is 6.82. The van der Waals surface area contributed by atoms with Crippen LogP contribution in [0.15, 0.2) is 65.7 Å². The molecule has 208 valence electrons. The van der Waals surface area contributed by atoms with Gasteiger partial charge in [-0.15, -0.1) is 10.2 Å². The number of tetrazole rings is 1. The molecule has 1 aliphatic heterocycles. The van der Waals surface area contributed by atoms with Crippen molar-refractivity contribution < 1.29 is 0 Å². The zero-order chi connectivity index (χ0) is 27.8. The molecule has 1 aliphatic carbocycles. The lowest BCUT2D eigenvalue weighted by atomic mass is 9.93. The molecule has 41 heavy (non-hydrogen) atoms. The maximum absolute atomic E-state index is 5.13. The molecule has 0 unspecified atom stereocenters. The maximum Gasteiger partial charge on any atom is 0.205 e. The molecule has 1 saturated carbocycles. The summed E-state index contributed by atoms with van der Waals surface area (Å²) in [5, 5.41) is 14.9. The van der Waals surface area contributed by atoms with Gasteiger partial charge >= 0.3 is 0 Å². The van der Waals surface area contributed by atoms with Crippen LogP contribution in [0.25, 0.3) is 39.2 Å². The number of aromatic nitrogens is 6. The number of hydrogen-bond acceptors (Lipinski definition) is 6. The van der Waals surface area contributed by atoms with Crippen molar-refractivity contribution in [2.24, 2.45) is 4.99 Å². The number of aryl methyl sites for hydroxylation is 1. The van der Waals surface area contributed by atoms with E-state index < -0.39 is 0 Å². The van der Waals surface area contributed by atoms with Crippen LogP contribution in [0.5, 0.6) is 0 Å². The van der Waals surface area contributed by atoms with E-state index in [2.05, 4.69) is 92.5 Å². The van der Waals surface area contributed by atoms with E-state index in [1.807, 2.05) is 12.1 Å². The first-order chi connectivity index (χ1) is 20.2. The third kappa shape index (κ3) is 4.61. The topological polar surface area (TPSA) is 87.9 Å². The molecule has 0 saturated heterocycles. The third-order valence-corrected chi connectivity index (χ3v) is 8.70. The fraction of sp³-hybridized carbons (Fsp3) is 0.364. The normalized spacial score (nSPS) is 16.0. The Balaban J connectivity index is 1.35. The molecular weight excluding hydrogens is 508 g/mol. The minimum atomic E-state index is 0.592. The summed E-state index contributed by atoms with van der Waals surface area (Å²) in [6.07, 6.45) is 8.49. The lowest BCUT2D eigenvalue weighted by Crippen LogP contribution is -2.39. The van der Waals surface area contributed by atoms with E-state index >= 15 is 0 Å². The van der Waals surface area contributed by atoms with Gasteiger partial charge < -0.3 is 4.90 Å². The number of aromatic amines is 1. The summed E-state index contributed by atoms with van der Waals surface area (Å²) < 4.78 is 2.37. The van der Waals surface area contributed by atoms with Crippen molar-refractivity contribution in [2.75, 3.05) is 13.1 Å². The number of hydrogen-bond donors (Lipinski definition) is 1. The van der Waals surface area contributed by atoms with Gasteiger partial charge in [0.1, 0.15) is 11.7 Å². The fourth-order valence-electron chi connectivity index (χ4n) is 6.74. The Morgan fingerprint density at radius 2 is 1.76 bits per heavy atom. The van der Waals surface area contributed by atoms with Crippen LogP contribution in [-0.4, -0.2) is 60.0 Å². The third-order valence-electron chi connectivity index (χ3n) is 8.70. The van der Waals surface area contributed by atoms with Crippen LogP contribution in [0, 0.1) is 6.92 Å². The van der Waals surface area contributed by atoms with E-state index in [0.29, 0.717) is 11.9 Å². The lowest BCUT2D eigenvalue weighted by Gasteiger charge is -2.33. The quantitative estimate of drug-likeness (QED) is 0.252. The second-order valence-corrected chi connectivity index (χ2v) is 11.2. The van der Waals surface area contributed by atoms with E-state index in [-0.39, 0.29) is 0 Å². The van der Waals surface area contributed by atoms with E-state index in [1.54, 1.807) is 0 Å². The Morgan fingerprint density at radius 1 is 0.927 bits per heavy atom. The van der Waals surface area contributed by atoms with Gasteiger partial charge in [0.15, 0.2) is 0 Å². The first-order valence-corrected chi connectivity index (χ1v) is 15.0. The average molecular weight is 545 g/mol. The van der Waals surface area contributed by atoms with Crippen LogP contribution in [0.3, 0.4) is 0 Å². The maximum atomic E-state index is 5.13. The van der Waals surface area contributed by atoms with Crippen molar-refractivity contribution in [3.63, 3.8) is 0 Å². The zero-order valence-electron chi connectivity index (χ0n) is 23.8. The van der Waals surface area contributed by atoms with Crippen LogP contribution in [-0.2, 0) is 6.42 Å². The number of nitrogens with zero attached hydrogens (tertiary/aromatic N) is 7. The molecular formula is C33H36N8. The second-order valence-electron chi connectivity index (χ2n) is 11.2. The summed E-state index contributed by atoms with van der Waals surface area (Å²) in [5.74, 6) is 2.83. The first-order valence-electron chi connectivity index (χ1n) is 15.0. The number of amidine groups is 1. The highest BCUT2D eigenvalue weighted by Crippen LogP contribution is 2.36. The van der Waals surface area contributed by atoms with Crippen molar-refractivity contribution in [1.82, 2.24) is 35.1 Å². The van der Waals surface area contributed by atoms with Gasteiger partial charge in [-0.2, -0.15) is 5.21 Å². The molecule has 5 aromatic rings. The van der Waals surface area contributed by atoms with Crippen molar-refractivity contribution >= 4 is 16.9 Å². The first kappa shape index (κ1) is 25.6. The molecule has 3 aromatic carbocycles. The zero-order valence-corrected chi connectivity index (χ0v) is 23.8. The van der Waals surface area contributed by atoms with Gasteiger partial charge in [-0.05, 0) is 72.4 Å². The molecule has 3 heterocycles. The van der Waals surface area contributed by atoms with Gasteiger partial charge in [-0.1, -0.05) is 62.6 Å². The number of benzene rings is 3.